The first kappa shape index (κ1) is 13.3. The van der Waals surface area contributed by atoms with Crippen molar-refractivity contribution in [2.45, 2.75) is 62.5 Å². The van der Waals surface area contributed by atoms with E-state index in [1.807, 2.05) is 0 Å². The standard InChI is InChI=1S/C14H28N2O/c1-16(2)13(7-6-8-13)11-15-12-14(17)9-4-3-5-10-14/h15,17H,3-12H2,1-2H3. The fraction of sp³-hybridized carbons (Fsp3) is 1.00. The van der Waals surface area contributed by atoms with Crippen molar-refractivity contribution >= 4 is 0 Å². The topological polar surface area (TPSA) is 35.5 Å². The Morgan fingerprint density at radius 2 is 1.59 bits per heavy atom. The minimum absolute atomic E-state index is 0.366. The number of rotatable bonds is 5. The van der Waals surface area contributed by atoms with Crippen LogP contribution in [0.3, 0.4) is 0 Å². The fourth-order valence-electron chi connectivity index (χ4n) is 3.28. The van der Waals surface area contributed by atoms with Gasteiger partial charge in [0, 0.05) is 18.6 Å². The van der Waals surface area contributed by atoms with Crippen molar-refractivity contribution in [3.63, 3.8) is 0 Å². The molecule has 0 saturated heterocycles. The third-order valence-corrected chi connectivity index (χ3v) is 4.93. The molecule has 17 heavy (non-hydrogen) atoms. The third kappa shape index (κ3) is 3.01. The number of nitrogens with zero attached hydrogens (tertiary/aromatic N) is 1. The van der Waals surface area contributed by atoms with E-state index in [0.717, 1.165) is 25.9 Å². The maximum absolute atomic E-state index is 10.4. The van der Waals surface area contributed by atoms with Crippen molar-refractivity contribution in [1.29, 1.82) is 0 Å². The van der Waals surface area contributed by atoms with E-state index < -0.39 is 5.60 Å². The van der Waals surface area contributed by atoms with Gasteiger partial charge in [-0.05, 0) is 46.2 Å². The molecule has 0 atom stereocenters. The molecule has 3 heteroatoms. The van der Waals surface area contributed by atoms with Crippen LogP contribution in [0.4, 0.5) is 0 Å². The molecule has 0 aliphatic heterocycles. The lowest BCUT2D eigenvalue weighted by Crippen LogP contribution is -2.58. The van der Waals surface area contributed by atoms with Crippen LogP contribution in [-0.4, -0.2) is 48.3 Å². The van der Waals surface area contributed by atoms with Crippen LogP contribution < -0.4 is 5.32 Å². The van der Waals surface area contributed by atoms with E-state index in [0.29, 0.717) is 5.54 Å². The first-order valence-corrected chi connectivity index (χ1v) is 7.17. The van der Waals surface area contributed by atoms with Gasteiger partial charge in [0.15, 0.2) is 0 Å². The van der Waals surface area contributed by atoms with Gasteiger partial charge in [0.1, 0.15) is 0 Å². The zero-order valence-electron chi connectivity index (χ0n) is 11.5. The van der Waals surface area contributed by atoms with Gasteiger partial charge in [-0.3, -0.25) is 0 Å². The summed E-state index contributed by atoms with van der Waals surface area (Å²) >= 11 is 0. The number of hydrogen-bond donors (Lipinski definition) is 2. The van der Waals surface area contributed by atoms with Crippen LogP contribution >= 0.6 is 0 Å². The highest BCUT2D eigenvalue weighted by atomic mass is 16.3. The van der Waals surface area contributed by atoms with Gasteiger partial charge in [0.25, 0.3) is 0 Å². The Labute approximate surface area is 106 Å². The average Bonchev–Trinajstić information content (AvgIpc) is 2.22. The molecule has 2 aliphatic carbocycles. The molecule has 3 nitrogen and oxygen atoms in total. The van der Waals surface area contributed by atoms with Crippen LogP contribution in [0.5, 0.6) is 0 Å². The summed E-state index contributed by atoms with van der Waals surface area (Å²) < 4.78 is 0. The van der Waals surface area contributed by atoms with Gasteiger partial charge in [-0.15, -0.1) is 0 Å². The van der Waals surface area contributed by atoms with Crippen molar-refractivity contribution in [2.24, 2.45) is 0 Å². The molecule has 0 unspecified atom stereocenters. The molecule has 2 saturated carbocycles. The van der Waals surface area contributed by atoms with Crippen LogP contribution in [0, 0.1) is 0 Å². The van der Waals surface area contributed by atoms with Crippen molar-refractivity contribution in [3.8, 4) is 0 Å². The summed E-state index contributed by atoms with van der Waals surface area (Å²) in [5.74, 6) is 0. The summed E-state index contributed by atoms with van der Waals surface area (Å²) in [5.41, 5.74) is -0.0550. The molecule has 2 N–H and O–H groups in total. The molecule has 0 bridgehead atoms. The number of likely N-dealkylation sites (N-methyl/N-ethyl adjacent to an activating group) is 1. The second-order valence-electron chi connectivity index (χ2n) is 6.36. The van der Waals surface area contributed by atoms with Crippen molar-refractivity contribution < 1.29 is 5.11 Å². The highest BCUT2D eigenvalue weighted by Gasteiger charge is 2.39. The maximum Gasteiger partial charge on any atom is 0.0771 e. The molecule has 2 aliphatic rings. The lowest BCUT2D eigenvalue weighted by Gasteiger charge is -2.48. The first-order valence-electron chi connectivity index (χ1n) is 7.17. The second kappa shape index (κ2) is 5.25. The summed E-state index contributed by atoms with van der Waals surface area (Å²) in [7, 11) is 4.35. The van der Waals surface area contributed by atoms with Gasteiger partial charge in [-0.25, -0.2) is 0 Å². The normalized spacial score (nSPS) is 26.8. The van der Waals surface area contributed by atoms with Gasteiger partial charge in [-0.2, -0.15) is 0 Å². The van der Waals surface area contributed by atoms with E-state index in [-0.39, 0.29) is 0 Å². The van der Waals surface area contributed by atoms with E-state index in [9.17, 15) is 5.11 Å². The Morgan fingerprint density at radius 3 is 2.06 bits per heavy atom. The monoisotopic (exact) mass is 240 g/mol. The van der Waals surface area contributed by atoms with Crippen LogP contribution in [0.1, 0.15) is 51.4 Å². The zero-order chi connectivity index (χ0) is 12.4. The Balaban J connectivity index is 1.75. The number of hydrogen-bond acceptors (Lipinski definition) is 3. The van der Waals surface area contributed by atoms with Gasteiger partial charge < -0.3 is 15.3 Å². The largest absolute Gasteiger partial charge is 0.389 e. The Bertz CT molecular complexity index is 243. The van der Waals surface area contributed by atoms with Crippen molar-refractivity contribution in [3.05, 3.63) is 0 Å². The molecule has 0 aromatic heterocycles. The van der Waals surface area contributed by atoms with E-state index in [2.05, 4.69) is 24.3 Å². The molecular formula is C14H28N2O. The Morgan fingerprint density at radius 1 is 0.941 bits per heavy atom. The molecule has 0 heterocycles. The molecular weight excluding hydrogens is 212 g/mol. The number of aliphatic hydroxyl groups is 1. The van der Waals surface area contributed by atoms with Crippen molar-refractivity contribution in [2.75, 3.05) is 27.2 Å². The smallest absolute Gasteiger partial charge is 0.0771 e. The third-order valence-electron chi connectivity index (χ3n) is 4.93. The first-order chi connectivity index (χ1) is 8.06. The lowest BCUT2D eigenvalue weighted by atomic mass is 9.75. The Kier molecular flexibility index (Phi) is 4.11. The summed E-state index contributed by atoms with van der Waals surface area (Å²) in [5, 5.41) is 13.9. The van der Waals surface area contributed by atoms with Gasteiger partial charge in [0.05, 0.1) is 5.60 Å². The summed E-state index contributed by atoms with van der Waals surface area (Å²) in [4.78, 5) is 2.36. The molecule has 2 rings (SSSR count). The molecule has 0 amide bonds. The maximum atomic E-state index is 10.4. The van der Waals surface area contributed by atoms with Gasteiger partial charge in [-0.1, -0.05) is 19.3 Å². The summed E-state index contributed by atoms with van der Waals surface area (Å²) in [6.07, 6.45) is 9.59. The van der Waals surface area contributed by atoms with Gasteiger partial charge in [0.2, 0.25) is 0 Å². The van der Waals surface area contributed by atoms with Gasteiger partial charge >= 0.3 is 0 Å². The van der Waals surface area contributed by atoms with E-state index >= 15 is 0 Å². The summed E-state index contributed by atoms with van der Waals surface area (Å²) in [6, 6.07) is 0. The molecule has 0 aromatic rings. The van der Waals surface area contributed by atoms with Crippen LogP contribution in [-0.2, 0) is 0 Å². The molecule has 0 radical (unpaired) electrons. The lowest BCUT2D eigenvalue weighted by molar-refractivity contribution is -0.00380. The fourth-order valence-corrected chi connectivity index (χ4v) is 3.28. The minimum Gasteiger partial charge on any atom is -0.389 e. The molecule has 0 aromatic carbocycles. The SMILES string of the molecule is CN(C)C1(CNCC2(O)CCCCC2)CCC1. The second-order valence-corrected chi connectivity index (χ2v) is 6.36. The average molecular weight is 240 g/mol. The van der Waals surface area contributed by atoms with Crippen LogP contribution in [0.2, 0.25) is 0 Å². The van der Waals surface area contributed by atoms with Crippen molar-refractivity contribution in [1.82, 2.24) is 10.2 Å². The minimum atomic E-state index is -0.421. The van der Waals surface area contributed by atoms with Crippen LogP contribution in [0.25, 0.3) is 0 Å². The van der Waals surface area contributed by atoms with E-state index in [1.165, 1.54) is 38.5 Å². The van der Waals surface area contributed by atoms with E-state index in [1.54, 1.807) is 0 Å². The Hall–Kier alpha value is -0.120. The van der Waals surface area contributed by atoms with E-state index in [4.69, 9.17) is 0 Å². The highest BCUT2D eigenvalue weighted by molar-refractivity contribution is 4.98. The number of nitrogens with one attached hydrogen (secondary N) is 1. The molecule has 100 valence electrons. The predicted octanol–water partition coefficient (Wildman–Crippen LogP) is 1.76. The van der Waals surface area contributed by atoms with Crippen LogP contribution in [0.15, 0.2) is 0 Å². The molecule has 2 fully saturated rings. The highest BCUT2D eigenvalue weighted by Crippen LogP contribution is 2.35. The zero-order valence-corrected chi connectivity index (χ0v) is 11.5. The summed E-state index contributed by atoms with van der Waals surface area (Å²) in [6.45, 7) is 1.81. The predicted molar refractivity (Wildman–Crippen MR) is 71.2 cm³/mol. The molecule has 0 spiro atoms. The quantitative estimate of drug-likeness (QED) is 0.768.